The van der Waals surface area contributed by atoms with E-state index in [0.717, 1.165) is 27.8 Å². The van der Waals surface area contributed by atoms with Crippen LogP contribution in [0, 0.1) is 6.92 Å². The van der Waals surface area contributed by atoms with Crippen LogP contribution in [-0.2, 0) is 11.3 Å². The monoisotopic (exact) mass is 354 g/mol. The highest BCUT2D eigenvalue weighted by molar-refractivity contribution is 6.10. The van der Waals surface area contributed by atoms with Gasteiger partial charge in [0.15, 0.2) is 11.5 Å². The fourth-order valence-electron chi connectivity index (χ4n) is 3.45. The second kappa shape index (κ2) is 5.98. The Labute approximate surface area is 150 Å². The van der Waals surface area contributed by atoms with Crippen molar-refractivity contribution in [3.05, 3.63) is 41.2 Å². The van der Waals surface area contributed by atoms with Gasteiger partial charge in [0, 0.05) is 16.5 Å². The SMILES string of the molecule is COc1cc(-c2c3c(cc4oc(C)cc24)COC3=O)cc(OC)c1OC. The number of hydrogen-bond donors (Lipinski definition) is 0. The molecular weight excluding hydrogens is 336 g/mol. The van der Waals surface area contributed by atoms with E-state index in [0.29, 0.717) is 28.4 Å². The van der Waals surface area contributed by atoms with E-state index in [1.165, 1.54) is 0 Å². The van der Waals surface area contributed by atoms with Crippen LogP contribution >= 0.6 is 0 Å². The van der Waals surface area contributed by atoms with Crippen LogP contribution in [0.25, 0.3) is 22.1 Å². The molecule has 0 radical (unpaired) electrons. The molecular formula is C20H18O6. The van der Waals surface area contributed by atoms with Crippen LogP contribution < -0.4 is 14.2 Å². The lowest BCUT2D eigenvalue weighted by Crippen LogP contribution is -2.00. The van der Waals surface area contributed by atoms with Gasteiger partial charge in [0.1, 0.15) is 18.0 Å². The van der Waals surface area contributed by atoms with E-state index in [1.54, 1.807) is 21.3 Å². The summed E-state index contributed by atoms with van der Waals surface area (Å²) in [5, 5.41) is 0.842. The Bertz CT molecular complexity index is 1010. The van der Waals surface area contributed by atoms with Gasteiger partial charge < -0.3 is 23.4 Å². The van der Waals surface area contributed by atoms with E-state index >= 15 is 0 Å². The molecule has 0 amide bonds. The molecule has 0 saturated carbocycles. The van der Waals surface area contributed by atoms with Crippen LogP contribution in [0.1, 0.15) is 21.7 Å². The molecule has 0 N–H and O–H groups in total. The quantitative estimate of drug-likeness (QED) is 0.657. The first-order valence-corrected chi connectivity index (χ1v) is 8.11. The first kappa shape index (κ1) is 16.3. The number of hydrogen-bond acceptors (Lipinski definition) is 6. The summed E-state index contributed by atoms with van der Waals surface area (Å²) in [5.41, 5.74) is 3.58. The third-order valence-electron chi connectivity index (χ3n) is 4.55. The number of rotatable bonds is 4. The van der Waals surface area contributed by atoms with Gasteiger partial charge in [-0.3, -0.25) is 0 Å². The number of methoxy groups -OCH3 is 3. The molecule has 6 nitrogen and oxygen atoms in total. The average molecular weight is 354 g/mol. The number of carbonyl (C=O) groups is 1. The van der Waals surface area contributed by atoms with E-state index < -0.39 is 0 Å². The summed E-state index contributed by atoms with van der Waals surface area (Å²) in [6.45, 7) is 2.11. The van der Waals surface area contributed by atoms with Crippen LogP contribution in [0.4, 0.5) is 0 Å². The van der Waals surface area contributed by atoms with Gasteiger partial charge in [-0.15, -0.1) is 0 Å². The molecule has 1 aromatic heterocycles. The minimum atomic E-state index is -0.343. The van der Waals surface area contributed by atoms with E-state index in [2.05, 4.69) is 0 Å². The van der Waals surface area contributed by atoms with E-state index in [9.17, 15) is 4.79 Å². The van der Waals surface area contributed by atoms with Crippen molar-refractivity contribution in [1.29, 1.82) is 0 Å². The average Bonchev–Trinajstić information content (AvgIpc) is 3.20. The molecule has 3 aromatic rings. The van der Waals surface area contributed by atoms with Gasteiger partial charge in [-0.1, -0.05) is 0 Å². The molecule has 0 saturated heterocycles. The Hall–Kier alpha value is -3.15. The number of ether oxygens (including phenoxy) is 4. The van der Waals surface area contributed by atoms with E-state index in [4.69, 9.17) is 23.4 Å². The van der Waals surface area contributed by atoms with Gasteiger partial charge >= 0.3 is 5.97 Å². The zero-order chi connectivity index (χ0) is 18.4. The Kier molecular flexibility index (Phi) is 3.76. The van der Waals surface area contributed by atoms with E-state index in [1.807, 2.05) is 31.2 Å². The predicted molar refractivity (Wildman–Crippen MR) is 95.2 cm³/mol. The molecule has 2 aromatic carbocycles. The van der Waals surface area contributed by atoms with Gasteiger partial charge in [-0.05, 0) is 36.8 Å². The fraction of sp³-hybridized carbons (Fsp3) is 0.250. The zero-order valence-corrected chi connectivity index (χ0v) is 15.0. The van der Waals surface area contributed by atoms with Crippen LogP contribution in [0.3, 0.4) is 0 Å². The molecule has 2 heterocycles. The van der Waals surface area contributed by atoms with Gasteiger partial charge in [-0.25, -0.2) is 4.79 Å². The first-order valence-electron chi connectivity index (χ1n) is 8.11. The number of furan rings is 1. The zero-order valence-electron chi connectivity index (χ0n) is 15.0. The van der Waals surface area contributed by atoms with Crippen LogP contribution in [0.2, 0.25) is 0 Å². The van der Waals surface area contributed by atoms with Crippen molar-refractivity contribution in [2.24, 2.45) is 0 Å². The molecule has 0 atom stereocenters. The van der Waals surface area contributed by atoms with Gasteiger partial charge in [0.05, 0.1) is 26.9 Å². The molecule has 4 rings (SSSR count). The molecule has 0 fully saturated rings. The molecule has 0 unspecified atom stereocenters. The predicted octanol–water partition coefficient (Wildman–Crippen LogP) is 4.10. The number of carbonyl (C=O) groups excluding carboxylic acids is 1. The maximum atomic E-state index is 12.4. The van der Waals surface area contributed by atoms with Crippen molar-refractivity contribution in [3.63, 3.8) is 0 Å². The topological polar surface area (TPSA) is 67.1 Å². The standard InChI is InChI=1S/C20H18O6/c1-10-5-13-14(26-10)8-12-9-25-20(21)18(12)17(13)11-6-15(22-2)19(24-4)16(7-11)23-3/h5-8H,9H2,1-4H3. The second-order valence-electron chi connectivity index (χ2n) is 6.04. The summed E-state index contributed by atoms with van der Waals surface area (Å²) in [5.74, 6) is 1.95. The van der Waals surface area contributed by atoms with Crippen LogP contribution in [0.5, 0.6) is 17.2 Å². The number of fused-ring (bicyclic) bond motifs is 2. The molecule has 1 aliphatic rings. The van der Waals surface area contributed by atoms with Crippen molar-refractivity contribution in [1.82, 2.24) is 0 Å². The lowest BCUT2D eigenvalue weighted by atomic mass is 9.92. The molecule has 1 aliphatic heterocycles. The minimum Gasteiger partial charge on any atom is -0.493 e. The van der Waals surface area contributed by atoms with Crippen LogP contribution in [0.15, 0.2) is 28.7 Å². The number of aryl methyl sites for hydroxylation is 1. The highest BCUT2D eigenvalue weighted by atomic mass is 16.5. The summed E-state index contributed by atoms with van der Waals surface area (Å²) >= 11 is 0. The minimum absolute atomic E-state index is 0.237. The van der Waals surface area contributed by atoms with Crippen LogP contribution in [-0.4, -0.2) is 27.3 Å². The summed E-state index contributed by atoms with van der Waals surface area (Å²) in [6, 6.07) is 7.43. The molecule has 6 heteroatoms. The highest BCUT2D eigenvalue weighted by Gasteiger charge is 2.30. The Morgan fingerprint density at radius 3 is 2.23 bits per heavy atom. The smallest absolute Gasteiger partial charge is 0.339 e. The first-order chi connectivity index (χ1) is 12.6. The number of cyclic esters (lactones) is 1. The largest absolute Gasteiger partial charge is 0.493 e. The third-order valence-corrected chi connectivity index (χ3v) is 4.55. The fourth-order valence-corrected chi connectivity index (χ4v) is 3.45. The molecule has 0 spiro atoms. The van der Waals surface area contributed by atoms with Gasteiger partial charge in [0.2, 0.25) is 5.75 Å². The van der Waals surface area contributed by atoms with E-state index in [-0.39, 0.29) is 12.6 Å². The maximum absolute atomic E-state index is 12.4. The maximum Gasteiger partial charge on any atom is 0.339 e. The number of esters is 1. The second-order valence-corrected chi connectivity index (χ2v) is 6.04. The lowest BCUT2D eigenvalue weighted by molar-refractivity contribution is 0.0535. The van der Waals surface area contributed by atoms with Gasteiger partial charge in [-0.2, -0.15) is 0 Å². The third kappa shape index (κ3) is 2.29. The van der Waals surface area contributed by atoms with Crippen molar-refractivity contribution in [2.45, 2.75) is 13.5 Å². The summed E-state index contributed by atoms with van der Waals surface area (Å²) < 4.78 is 27.4. The summed E-state index contributed by atoms with van der Waals surface area (Å²) in [7, 11) is 4.67. The molecule has 26 heavy (non-hydrogen) atoms. The number of benzene rings is 2. The summed E-state index contributed by atoms with van der Waals surface area (Å²) in [6.07, 6.45) is 0. The lowest BCUT2D eigenvalue weighted by Gasteiger charge is -2.15. The van der Waals surface area contributed by atoms with Crippen molar-refractivity contribution < 1.29 is 28.2 Å². The Balaban J connectivity index is 2.09. The summed E-state index contributed by atoms with van der Waals surface area (Å²) in [4.78, 5) is 12.4. The van der Waals surface area contributed by atoms with Crippen molar-refractivity contribution in [2.75, 3.05) is 21.3 Å². The normalized spacial score (nSPS) is 12.8. The Morgan fingerprint density at radius 2 is 1.62 bits per heavy atom. The highest BCUT2D eigenvalue weighted by Crippen LogP contribution is 2.45. The molecule has 0 aliphatic carbocycles. The van der Waals surface area contributed by atoms with Gasteiger partial charge in [0.25, 0.3) is 0 Å². The van der Waals surface area contributed by atoms with Crippen molar-refractivity contribution in [3.8, 4) is 28.4 Å². The molecule has 134 valence electrons. The Morgan fingerprint density at radius 1 is 0.923 bits per heavy atom. The van der Waals surface area contributed by atoms with Crippen molar-refractivity contribution >= 4 is 16.9 Å². The molecule has 0 bridgehead atoms.